The van der Waals surface area contributed by atoms with Crippen molar-refractivity contribution in [3.05, 3.63) is 82.4 Å². The Balaban J connectivity index is 1.90. The maximum absolute atomic E-state index is 10.8. The van der Waals surface area contributed by atoms with E-state index in [2.05, 4.69) is 57.1 Å². The standard InChI is InChI=1S/C16H14IN5O2/c17-9-13-1-3-14(4-2-13)10-21(20-11-18-19-12-20)15-5-7-16(8-6-15)22(23)24/h1-8,11-12H,9-10H2. The Kier molecular flexibility index (Phi) is 5.04. The van der Waals surface area contributed by atoms with Crippen molar-refractivity contribution in [2.24, 2.45) is 0 Å². The number of hydrogen-bond donors (Lipinski definition) is 0. The zero-order valence-electron chi connectivity index (χ0n) is 12.6. The van der Waals surface area contributed by atoms with E-state index in [1.807, 2.05) is 5.01 Å². The first kappa shape index (κ1) is 16.4. The van der Waals surface area contributed by atoms with Crippen LogP contribution in [-0.2, 0) is 11.0 Å². The molecule has 7 nitrogen and oxygen atoms in total. The van der Waals surface area contributed by atoms with Gasteiger partial charge in [-0.05, 0) is 23.3 Å². The van der Waals surface area contributed by atoms with Crippen LogP contribution >= 0.6 is 22.6 Å². The third kappa shape index (κ3) is 3.70. The van der Waals surface area contributed by atoms with Crippen molar-refractivity contribution in [3.8, 4) is 0 Å². The van der Waals surface area contributed by atoms with Gasteiger partial charge >= 0.3 is 0 Å². The first-order valence-corrected chi connectivity index (χ1v) is 8.70. The maximum atomic E-state index is 10.8. The fourth-order valence-electron chi connectivity index (χ4n) is 2.28. The molecule has 122 valence electrons. The summed E-state index contributed by atoms with van der Waals surface area (Å²) in [5.74, 6) is 0. The number of nitro benzene ring substituents is 1. The minimum atomic E-state index is -0.407. The second-order valence-electron chi connectivity index (χ2n) is 5.12. The second kappa shape index (κ2) is 7.39. The van der Waals surface area contributed by atoms with E-state index in [1.165, 1.54) is 17.7 Å². The zero-order chi connectivity index (χ0) is 16.9. The number of anilines is 1. The van der Waals surface area contributed by atoms with Crippen molar-refractivity contribution < 1.29 is 4.92 Å². The molecular weight excluding hydrogens is 421 g/mol. The predicted molar refractivity (Wildman–Crippen MR) is 98.9 cm³/mol. The number of non-ortho nitro benzene ring substituents is 1. The molecule has 1 heterocycles. The molecule has 0 atom stereocenters. The van der Waals surface area contributed by atoms with Crippen LogP contribution in [0, 0.1) is 10.1 Å². The molecule has 0 bridgehead atoms. The minimum absolute atomic E-state index is 0.0638. The van der Waals surface area contributed by atoms with Gasteiger partial charge in [-0.15, -0.1) is 10.2 Å². The number of halogens is 1. The van der Waals surface area contributed by atoms with Gasteiger partial charge < -0.3 is 0 Å². The molecule has 8 heteroatoms. The van der Waals surface area contributed by atoms with Crippen molar-refractivity contribution in [3.63, 3.8) is 0 Å². The molecule has 0 N–H and O–H groups in total. The fraction of sp³-hybridized carbons (Fsp3) is 0.125. The number of hydrogen-bond acceptors (Lipinski definition) is 5. The van der Waals surface area contributed by atoms with E-state index in [0.717, 1.165) is 15.7 Å². The highest BCUT2D eigenvalue weighted by molar-refractivity contribution is 14.1. The van der Waals surface area contributed by atoms with E-state index in [0.29, 0.717) is 6.54 Å². The lowest BCUT2D eigenvalue weighted by Gasteiger charge is -2.25. The minimum Gasteiger partial charge on any atom is -0.274 e. The van der Waals surface area contributed by atoms with Crippen molar-refractivity contribution in [2.75, 3.05) is 5.01 Å². The Bertz CT molecular complexity index is 803. The van der Waals surface area contributed by atoms with Crippen molar-refractivity contribution in [1.82, 2.24) is 14.9 Å². The summed E-state index contributed by atoms with van der Waals surface area (Å²) in [7, 11) is 0. The number of alkyl halides is 1. The molecule has 24 heavy (non-hydrogen) atoms. The molecule has 0 amide bonds. The molecule has 0 aliphatic rings. The summed E-state index contributed by atoms with van der Waals surface area (Å²) in [6, 6.07) is 14.8. The molecule has 0 radical (unpaired) electrons. The van der Waals surface area contributed by atoms with Crippen LogP contribution < -0.4 is 5.01 Å². The molecular formula is C16H14IN5O2. The summed E-state index contributed by atoms with van der Waals surface area (Å²) in [4.78, 5) is 10.4. The molecule has 0 fully saturated rings. The van der Waals surface area contributed by atoms with E-state index < -0.39 is 4.92 Å². The summed E-state index contributed by atoms with van der Waals surface area (Å²) in [6.07, 6.45) is 3.20. The first-order valence-electron chi connectivity index (χ1n) is 7.18. The Morgan fingerprint density at radius 3 is 2.12 bits per heavy atom. The van der Waals surface area contributed by atoms with E-state index in [1.54, 1.807) is 29.5 Å². The first-order chi connectivity index (χ1) is 11.7. The summed E-state index contributed by atoms with van der Waals surface area (Å²) in [6.45, 7) is 0.595. The van der Waals surface area contributed by atoms with Gasteiger partial charge in [-0.25, -0.2) is 4.68 Å². The van der Waals surface area contributed by atoms with Crippen LogP contribution in [0.3, 0.4) is 0 Å². The summed E-state index contributed by atoms with van der Waals surface area (Å²) < 4.78 is 2.73. The Morgan fingerprint density at radius 2 is 1.58 bits per heavy atom. The van der Waals surface area contributed by atoms with Crippen LogP contribution in [0.5, 0.6) is 0 Å². The molecule has 2 aromatic carbocycles. The van der Waals surface area contributed by atoms with Gasteiger partial charge in [0.05, 0.1) is 17.2 Å². The summed E-state index contributed by atoms with van der Waals surface area (Å²) >= 11 is 2.33. The number of nitro groups is 1. The molecule has 0 aliphatic heterocycles. The molecule has 0 aliphatic carbocycles. The Morgan fingerprint density at radius 1 is 1.00 bits per heavy atom. The summed E-state index contributed by atoms with van der Waals surface area (Å²) in [5.41, 5.74) is 3.27. The topological polar surface area (TPSA) is 77.1 Å². The average Bonchev–Trinajstić information content (AvgIpc) is 3.14. The fourth-order valence-corrected chi connectivity index (χ4v) is 2.79. The molecule has 1 aromatic heterocycles. The third-order valence-electron chi connectivity index (χ3n) is 3.55. The molecule has 3 aromatic rings. The number of aromatic nitrogens is 3. The van der Waals surface area contributed by atoms with Gasteiger partial charge in [0, 0.05) is 16.6 Å². The lowest BCUT2D eigenvalue weighted by atomic mass is 10.1. The molecule has 0 unspecified atom stereocenters. The van der Waals surface area contributed by atoms with Crippen LogP contribution in [0.25, 0.3) is 0 Å². The van der Waals surface area contributed by atoms with Gasteiger partial charge in [0.2, 0.25) is 0 Å². The third-order valence-corrected chi connectivity index (χ3v) is 4.43. The van der Waals surface area contributed by atoms with Crippen molar-refractivity contribution in [2.45, 2.75) is 11.0 Å². The zero-order valence-corrected chi connectivity index (χ0v) is 14.8. The van der Waals surface area contributed by atoms with Gasteiger partial charge in [0.15, 0.2) is 0 Å². The van der Waals surface area contributed by atoms with Crippen LogP contribution in [0.2, 0.25) is 0 Å². The predicted octanol–water partition coefficient (Wildman–Crippen LogP) is 3.59. The van der Waals surface area contributed by atoms with Gasteiger partial charge in [0.1, 0.15) is 12.7 Å². The van der Waals surface area contributed by atoms with Crippen LogP contribution in [0.1, 0.15) is 11.1 Å². The van der Waals surface area contributed by atoms with Gasteiger partial charge in [0.25, 0.3) is 5.69 Å². The van der Waals surface area contributed by atoms with E-state index in [4.69, 9.17) is 0 Å². The van der Waals surface area contributed by atoms with Gasteiger partial charge in [-0.1, -0.05) is 46.9 Å². The Hall–Kier alpha value is -2.49. The lowest BCUT2D eigenvalue weighted by molar-refractivity contribution is -0.384. The smallest absolute Gasteiger partial charge is 0.269 e. The SMILES string of the molecule is O=[N+]([O-])c1ccc(N(Cc2ccc(CI)cc2)n2cnnc2)cc1. The van der Waals surface area contributed by atoms with Crippen LogP contribution in [0.4, 0.5) is 11.4 Å². The van der Waals surface area contributed by atoms with E-state index in [-0.39, 0.29) is 5.69 Å². The quantitative estimate of drug-likeness (QED) is 0.256. The molecule has 0 saturated carbocycles. The van der Waals surface area contributed by atoms with Gasteiger partial charge in [-0.3, -0.25) is 15.1 Å². The number of rotatable bonds is 6. The van der Waals surface area contributed by atoms with E-state index in [9.17, 15) is 10.1 Å². The highest BCUT2D eigenvalue weighted by Gasteiger charge is 2.12. The number of benzene rings is 2. The molecule has 3 rings (SSSR count). The highest BCUT2D eigenvalue weighted by atomic mass is 127. The van der Waals surface area contributed by atoms with Gasteiger partial charge in [-0.2, -0.15) is 0 Å². The van der Waals surface area contributed by atoms with E-state index >= 15 is 0 Å². The van der Waals surface area contributed by atoms with Crippen LogP contribution in [-0.4, -0.2) is 19.8 Å². The normalized spacial score (nSPS) is 10.5. The van der Waals surface area contributed by atoms with Crippen LogP contribution in [0.15, 0.2) is 61.2 Å². The average molecular weight is 435 g/mol. The number of nitrogens with zero attached hydrogens (tertiary/aromatic N) is 5. The highest BCUT2D eigenvalue weighted by Crippen LogP contribution is 2.22. The van der Waals surface area contributed by atoms with Crippen molar-refractivity contribution in [1.29, 1.82) is 0 Å². The molecule has 0 spiro atoms. The maximum Gasteiger partial charge on any atom is 0.269 e. The monoisotopic (exact) mass is 435 g/mol. The van der Waals surface area contributed by atoms with Crippen molar-refractivity contribution >= 4 is 34.0 Å². The Labute approximate surface area is 152 Å². The molecule has 0 saturated heterocycles. The summed E-state index contributed by atoms with van der Waals surface area (Å²) in [5, 5.41) is 20.5. The lowest BCUT2D eigenvalue weighted by Crippen LogP contribution is -2.27. The second-order valence-corrected chi connectivity index (χ2v) is 5.89. The largest absolute Gasteiger partial charge is 0.274 e.